The quantitative estimate of drug-likeness (QED) is 0.940. The summed E-state index contributed by atoms with van der Waals surface area (Å²) in [6, 6.07) is 18.0. The second-order valence-corrected chi connectivity index (χ2v) is 6.42. The summed E-state index contributed by atoms with van der Waals surface area (Å²) in [5, 5.41) is 3.12. The number of nitrogens with zero attached hydrogens (tertiary/aromatic N) is 2. The van der Waals surface area contributed by atoms with Crippen molar-refractivity contribution in [3.05, 3.63) is 54.6 Å². The van der Waals surface area contributed by atoms with Gasteiger partial charge in [0.25, 0.3) is 0 Å². The Bertz CT molecular complexity index is 678. The zero-order chi connectivity index (χ0) is 16.9. The van der Waals surface area contributed by atoms with Crippen molar-refractivity contribution < 1.29 is 4.79 Å². The lowest BCUT2D eigenvalue weighted by Crippen LogP contribution is -2.51. The molecule has 3 rings (SSSR count). The van der Waals surface area contributed by atoms with E-state index in [-0.39, 0.29) is 11.9 Å². The van der Waals surface area contributed by atoms with Gasteiger partial charge in [0.2, 0.25) is 5.91 Å². The lowest BCUT2D eigenvalue weighted by atomic mass is 10.0. The molecule has 1 aliphatic heterocycles. The molecule has 1 amide bonds. The first kappa shape index (κ1) is 16.7. The van der Waals surface area contributed by atoms with E-state index in [0.29, 0.717) is 0 Å². The van der Waals surface area contributed by atoms with E-state index in [1.165, 1.54) is 0 Å². The predicted octanol–water partition coefficient (Wildman–Crippen LogP) is 2.93. The SMILES string of the molecule is CC(C(=O)Nc1ccccc1-c1ccccc1)N1CCN(C)CC1. The van der Waals surface area contributed by atoms with Crippen molar-refractivity contribution in [3.63, 3.8) is 0 Å². The van der Waals surface area contributed by atoms with Crippen molar-refractivity contribution in [2.75, 3.05) is 38.5 Å². The van der Waals surface area contributed by atoms with Gasteiger partial charge in [0.05, 0.1) is 6.04 Å². The van der Waals surface area contributed by atoms with E-state index in [1.54, 1.807) is 0 Å². The highest BCUT2D eigenvalue weighted by atomic mass is 16.2. The molecule has 2 aromatic carbocycles. The Morgan fingerprint density at radius 2 is 1.58 bits per heavy atom. The van der Waals surface area contributed by atoms with Crippen LogP contribution in [0.5, 0.6) is 0 Å². The number of carbonyl (C=O) groups is 1. The van der Waals surface area contributed by atoms with Crippen molar-refractivity contribution in [1.29, 1.82) is 0 Å². The Hall–Kier alpha value is -2.17. The maximum Gasteiger partial charge on any atom is 0.241 e. The number of anilines is 1. The Morgan fingerprint density at radius 3 is 2.29 bits per heavy atom. The van der Waals surface area contributed by atoms with Gasteiger partial charge in [0.1, 0.15) is 0 Å². The van der Waals surface area contributed by atoms with Gasteiger partial charge in [-0.25, -0.2) is 0 Å². The Balaban J connectivity index is 1.73. The second kappa shape index (κ2) is 7.60. The summed E-state index contributed by atoms with van der Waals surface area (Å²) in [6.45, 7) is 5.89. The van der Waals surface area contributed by atoms with Crippen molar-refractivity contribution in [3.8, 4) is 11.1 Å². The average Bonchev–Trinajstić information content (AvgIpc) is 2.63. The third-order valence-corrected chi connectivity index (χ3v) is 4.73. The number of piperazine rings is 1. The molecule has 1 N–H and O–H groups in total. The number of benzene rings is 2. The molecule has 24 heavy (non-hydrogen) atoms. The van der Waals surface area contributed by atoms with Crippen LogP contribution >= 0.6 is 0 Å². The fourth-order valence-corrected chi connectivity index (χ4v) is 3.07. The van der Waals surface area contributed by atoms with E-state index in [2.05, 4.69) is 34.3 Å². The molecular weight excluding hydrogens is 298 g/mol. The van der Waals surface area contributed by atoms with Gasteiger partial charge in [-0.05, 0) is 25.6 Å². The molecule has 2 aromatic rings. The number of likely N-dealkylation sites (N-methyl/N-ethyl adjacent to an activating group) is 1. The van der Waals surface area contributed by atoms with E-state index in [4.69, 9.17) is 0 Å². The highest BCUT2D eigenvalue weighted by Gasteiger charge is 2.24. The van der Waals surface area contributed by atoms with Gasteiger partial charge in [-0.3, -0.25) is 9.69 Å². The number of hydrogen-bond donors (Lipinski definition) is 1. The van der Waals surface area contributed by atoms with Crippen LogP contribution in [0.25, 0.3) is 11.1 Å². The number of nitrogens with one attached hydrogen (secondary N) is 1. The van der Waals surface area contributed by atoms with Crippen LogP contribution in [0.15, 0.2) is 54.6 Å². The molecular formula is C20H25N3O. The average molecular weight is 323 g/mol. The van der Waals surface area contributed by atoms with Gasteiger partial charge in [0.15, 0.2) is 0 Å². The molecule has 0 saturated carbocycles. The van der Waals surface area contributed by atoms with Crippen LogP contribution in [-0.2, 0) is 4.79 Å². The zero-order valence-corrected chi connectivity index (χ0v) is 14.4. The third-order valence-electron chi connectivity index (χ3n) is 4.73. The third kappa shape index (κ3) is 3.83. The smallest absolute Gasteiger partial charge is 0.241 e. The highest BCUT2D eigenvalue weighted by molar-refractivity contribution is 5.98. The normalized spacial score (nSPS) is 17.4. The van der Waals surface area contributed by atoms with Crippen LogP contribution in [0.3, 0.4) is 0 Å². The van der Waals surface area contributed by atoms with Crippen LogP contribution in [-0.4, -0.2) is 55.0 Å². The Morgan fingerprint density at radius 1 is 0.958 bits per heavy atom. The number of hydrogen-bond acceptors (Lipinski definition) is 3. The molecule has 0 bridgehead atoms. The molecule has 0 aliphatic carbocycles. The summed E-state index contributed by atoms with van der Waals surface area (Å²) in [5.41, 5.74) is 3.03. The molecule has 126 valence electrons. The number of rotatable bonds is 4. The van der Waals surface area contributed by atoms with Crippen LogP contribution in [0.1, 0.15) is 6.92 Å². The molecule has 0 spiro atoms. The summed E-state index contributed by atoms with van der Waals surface area (Å²) >= 11 is 0. The van der Waals surface area contributed by atoms with E-state index in [1.807, 2.05) is 49.4 Å². The second-order valence-electron chi connectivity index (χ2n) is 6.42. The van der Waals surface area contributed by atoms with Gasteiger partial charge >= 0.3 is 0 Å². The lowest BCUT2D eigenvalue weighted by molar-refractivity contribution is -0.121. The van der Waals surface area contributed by atoms with Crippen molar-refractivity contribution in [2.24, 2.45) is 0 Å². The minimum atomic E-state index is -0.123. The summed E-state index contributed by atoms with van der Waals surface area (Å²) in [5.74, 6) is 0.0583. The molecule has 1 fully saturated rings. The summed E-state index contributed by atoms with van der Waals surface area (Å²) in [7, 11) is 2.12. The van der Waals surface area contributed by atoms with Gasteiger partial charge in [0, 0.05) is 37.4 Å². The summed E-state index contributed by atoms with van der Waals surface area (Å²) < 4.78 is 0. The lowest BCUT2D eigenvalue weighted by Gasteiger charge is -2.35. The minimum Gasteiger partial charge on any atom is -0.324 e. The standard InChI is InChI=1S/C20H25N3O/c1-16(23-14-12-22(2)13-15-23)20(24)21-19-11-7-6-10-18(19)17-8-4-3-5-9-17/h3-11,16H,12-15H2,1-2H3,(H,21,24). The van der Waals surface area contributed by atoms with E-state index >= 15 is 0 Å². The van der Waals surface area contributed by atoms with Crippen LogP contribution in [0.4, 0.5) is 5.69 Å². The van der Waals surface area contributed by atoms with E-state index < -0.39 is 0 Å². The fourth-order valence-electron chi connectivity index (χ4n) is 3.07. The van der Waals surface area contributed by atoms with Crippen LogP contribution in [0, 0.1) is 0 Å². The highest BCUT2D eigenvalue weighted by Crippen LogP contribution is 2.27. The number of para-hydroxylation sites is 1. The van der Waals surface area contributed by atoms with Crippen molar-refractivity contribution >= 4 is 11.6 Å². The molecule has 0 aromatic heterocycles. The van der Waals surface area contributed by atoms with Gasteiger partial charge in [-0.2, -0.15) is 0 Å². The van der Waals surface area contributed by atoms with Crippen LogP contribution in [0.2, 0.25) is 0 Å². The van der Waals surface area contributed by atoms with Gasteiger partial charge in [-0.15, -0.1) is 0 Å². The van der Waals surface area contributed by atoms with E-state index in [9.17, 15) is 4.79 Å². The number of carbonyl (C=O) groups excluding carboxylic acids is 1. The minimum absolute atomic E-state index is 0.0583. The first-order valence-electron chi connectivity index (χ1n) is 8.53. The topological polar surface area (TPSA) is 35.6 Å². The molecule has 1 atom stereocenters. The van der Waals surface area contributed by atoms with E-state index in [0.717, 1.165) is 43.0 Å². The monoisotopic (exact) mass is 323 g/mol. The van der Waals surface area contributed by atoms with Gasteiger partial charge < -0.3 is 10.2 Å². The predicted molar refractivity (Wildman–Crippen MR) is 99.0 cm³/mol. The van der Waals surface area contributed by atoms with Gasteiger partial charge in [-0.1, -0.05) is 48.5 Å². The summed E-state index contributed by atoms with van der Waals surface area (Å²) in [4.78, 5) is 17.3. The van der Waals surface area contributed by atoms with Crippen LogP contribution < -0.4 is 5.32 Å². The van der Waals surface area contributed by atoms with Crippen molar-refractivity contribution in [2.45, 2.75) is 13.0 Å². The molecule has 1 saturated heterocycles. The molecule has 1 unspecified atom stereocenters. The maximum atomic E-state index is 12.7. The Labute approximate surface area is 144 Å². The number of amides is 1. The summed E-state index contributed by atoms with van der Waals surface area (Å²) in [6.07, 6.45) is 0. The molecule has 0 radical (unpaired) electrons. The fraction of sp³-hybridized carbons (Fsp3) is 0.350. The first-order valence-corrected chi connectivity index (χ1v) is 8.53. The largest absolute Gasteiger partial charge is 0.324 e. The Kier molecular flexibility index (Phi) is 5.28. The van der Waals surface area contributed by atoms with Crippen molar-refractivity contribution in [1.82, 2.24) is 9.80 Å². The maximum absolute atomic E-state index is 12.7. The molecule has 1 aliphatic rings. The zero-order valence-electron chi connectivity index (χ0n) is 14.4. The molecule has 4 nitrogen and oxygen atoms in total. The molecule has 1 heterocycles. The first-order chi connectivity index (χ1) is 11.6. The molecule has 4 heteroatoms.